The molecular weight excluding hydrogens is 298 g/mol. The van der Waals surface area contributed by atoms with Crippen molar-refractivity contribution in [3.63, 3.8) is 0 Å². The van der Waals surface area contributed by atoms with Crippen LogP contribution < -0.4 is 10.1 Å². The summed E-state index contributed by atoms with van der Waals surface area (Å²) in [6.07, 6.45) is 6.08. The molecule has 0 fully saturated rings. The molecule has 0 aromatic carbocycles. The van der Waals surface area contributed by atoms with Crippen molar-refractivity contribution >= 4 is 21.9 Å². The van der Waals surface area contributed by atoms with E-state index in [1.165, 1.54) is 0 Å². The molecule has 2 aromatic rings. The van der Waals surface area contributed by atoms with Crippen LogP contribution in [0.3, 0.4) is 0 Å². The van der Waals surface area contributed by atoms with Gasteiger partial charge in [0.25, 0.3) is 0 Å². The van der Waals surface area contributed by atoms with Crippen LogP contribution in [0.15, 0.2) is 23.1 Å². The average molecular weight is 312 g/mol. The Morgan fingerprint density at radius 2 is 2.28 bits per heavy atom. The summed E-state index contributed by atoms with van der Waals surface area (Å²) in [4.78, 5) is 8.44. The molecule has 7 heteroatoms. The monoisotopic (exact) mass is 311 g/mol. The third-order valence-electron chi connectivity index (χ3n) is 2.14. The van der Waals surface area contributed by atoms with Crippen LogP contribution >= 0.6 is 15.9 Å². The lowest BCUT2D eigenvalue weighted by atomic mass is 10.5. The first kappa shape index (κ1) is 12.8. The molecule has 2 aromatic heterocycles. The van der Waals surface area contributed by atoms with E-state index in [1.807, 2.05) is 7.05 Å². The molecule has 6 nitrogen and oxygen atoms in total. The summed E-state index contributed by atoms with van der Waals surface area (Å²) in [5.74, 6) is 1.66. The van der Waals surface area contributed by atoms with Gasteiger partial charge in [-0.1, -0.05) is 6.92 Å². The maximum absolute atomic E-state index is 5.63. The summed E-state index contributed by atoms with van der Waals surface area (Å²) >= 11 is 3.36. The minimum absolute atomic E-state index is 0.469. The minimum atomic E-state index is 0.469. The number of hydrogen-bond donors (Lipinski definition) is 1. The van der Waals surface area contributed by atoms with Gasteiger partial charge in [-0.25, -0.2) is 4.98 Å². The zero-order valence-corrected chi connectivity index (χ0v) is 11.8. The zero-order chi connectivity index (χ0) is 13.0. The normalized spacial score (nSPS) is 10.4. The number of ether oxygens (including phenoxy) is 1. The summed E-state index contributed by atoms with van der Waals surface area (Å²) < 4.78 is 8.00. The second-order valence-corrected chi connectivity index (χ2v) is 4.58. The van der Waals surface area contributed by atoms with E-state index in [9.17, 15) is 0 Å². The van der Waals surface area contributed by atoms with Crippen molar-refractivity contribution in [2.24, 2.45) is 7.05 Å². The van der Waals surface area contributed by atoms with Gasteiger partial charge in [0.05, 0.1) is 23.1 Å². The number of nitrogens with zero attached hydrogens (tertiary/aromatic N) is 4. The van der Waals surface area contributed by atoms with Gasteiger partial charge in [-0.3, -0.25) is 4.68 Å². The fourth-order valence-corrected chi connectivity index (χ4v) is 1.58. The number of halogens is 1. The van der Waals surface area contributed by atoms with E-state index in [0.717, 1.165) is 13.0 Å². The molecule has 18 heavy (non-hydrogen) atoms. The maximum atomic E-state index is 5.63. The summed E-state index contributed by atoms with van der Waals surface area (Å²) in [5, 5.41) is 7.14. The second-order valence-electron chi connectivity index (χ2n) is 3.73. The number of aromatic nitrogens is 4. The molecule has 0 aliphatic rings. The van der Waals surface area contributed by atoms with E-state index in [2.05, 4.69) is 43.2 Å². The fraction of sp³-hybridized carbons (Fsp3) is 0.364. The number of anilines is 1. The van der Waals surface area contributed by atoms with Crippen molar-refractivity contribution in [1.29, 1.82) is 0 Å². The van der Waals surface area contributed by atoms with E-state index >= 15 is 0 Å². The molecule has 1 N–H and O–H groups in total. The van der Waals surface area contributed by atoms with Gasteiger partial charge in [0.15, 0.2) is 5.75 Å². The van der Waals surface area contributed by atoms with Crippen molar-refractivity contribution in [3.05, 3.63) is 23.1 Å². The Labute approximate surface area is 114 Å². The maximum Gasteiger partial charge on any atom is 0.238 e. The first-order chi connectivity index (χ1) is 8.69. The Kier molecular flexibility index (Phi) is 4.14. The van der Waals surface area contributed by atoms with E-state index in [-0.39, 0.29) is 0 Å². The topological polar surface area (TPSA) is 64.9 Å². The molecule has 0 amide bonds. The van der Waals surface area contributed by atoms with Crippen molar-refractivity contribution in [2.75, 3.05) is 11.9 Å². The smallest absolute Gasteiger partial charge is 0.238 e. The van der Waals surface area contributed by atoms with Gasteiger partial charge in [-0.05, 0) is 22.4 Å². The van der Waals surface area contributed by atoms with E-state index in [0.29, 0.717) is 22.1 Å². The molecular formula is C11H14BrN5O. The van der Waals surface area contributed by atoms with Crippen LogP contribution in [0.1, 0.15) is 13.3 Å². The van der Waals surface area contributed by atoms with Gasteiger partial charge in [0.2, 0.25) is 11.8 Å². The summed E-state index contributed by atoms with van der Waals surface area (Å²) in [6.45, 7) is 2.91. The lowest BCUT2D eigenvalue weighted by Gasteiger charge is -2.07. The summed E-state index contributed by atoms with van der Waals surface area (Å²) in [5.41, 5.74) is 0. The first-order valence-corrected chi connectivity index (χ1v) is 6.41. The Morgan fingerprint density at radius 3 is 2.94 bits per heavy atom. The highest BCUT2D eigenvalue weighted by Gasteiger charge is 2.08. The lowest BCUT2D eigenvalue weighted by molar-refractivity contribution is 0.458. The molecule has 0 bridgehead atoms. The fourth-order valence-electron chi connectivity index (χ4n) is 1.31. The predicted octanol–water partition coefficient (Wildman–Crippen LogP) is 2.59. The average Bonchev–Trinajstić information content (AvgIpc) is 2.76. The standard InChI is InChI=1S/C11H14BrN5O/c1-3-4-13-11-14-6-9(12)10(16-11)18-8-5-15-17(2)7-8/h5-7H,3-4H2,1-2H3,(H,13,14,16). The quantitative estimate of drug-likeness (QED) is 0.919. The highest BCUT2D eigenvalue weighted by molar-refractivity contribution is 9.10. The summed E-state index contributed by atoms with van der Waals surface area (Å²) in [7, 11) is 1.83. The van der Waals surface area contributed by atoms with Gasteiger partial charge in [0, 0.05) is 13.6 Å². The van der Waals surface area contributed by atoms with Crippen LogP contribution in [0.5, 0.6) is 11.6 Å². The van der Waals surface area contributed by atoms with Crippen LogP contribution in [0, 0.1) is 0 Å². The third kappa shape index (κ3) is 3.19. The molecule has 0 atom stereocenters. The van der Waals surface area contributed by atoms with Gasteiger partial charge in [-0.2, -0.15) is 10.1 Å². The van der Waals surface area contributed by atoms with Gasteiger partial charge in [0.1, 0.15) is 0 Å². The van der Waals surface area contributed by atoms with Gasteiger partial charge >= 0.3 is 0 Å². The van der Waals surface area contributed by atoms with E-state index < -0.39 is 0 Å². The lowest BCUT2D eigenvalue weighted by Crippen LogP contribution is -2.04. The van der Waals surface area contributed by atoms with Crippen LogP contribution in [0.25, 0.3) is 0 Å². The number of nitrogens with one attached hydrogen (secondary N) is 1. The highest BCUT2D eigenvalue weighted by Crippen LogP contribution is 2.27. The van der Waals surface area contributed by atoms with Gasteiger partial charge in [-0.15, -0.1) is 0 Å². The van der Waals surface area contributed by atoms with Crippen LogP contribution in [0.4, 0.5) is 5.95 Å². The van der Waals surface area contributed by atoms with Crippen LogP contribution in [0.2, 0.25) is 0 Å². The van der Waals surface area contributed by atoms with Crippen molar-refractivity contribution in [3.8, 4) is 11.6 Å². The molecule has 0 saturated heterocycles. The van der Waals surface area contributed by atoms with Crippen LogP contribution in [-0.2, 0) is 7.05 Å². The van der Waals surface area contributed by atoms with E-state index in [1.54, 1.807) is 23.3 Å². The Bertz CT molecular complexity index is 528. The molecule has 0 saturated carbocycles. The van der Waals surface area contributed by atoms with Gasteiger partial charge < -0.3 is 10.1 Å². The molecule has 96 valence electrons. The SMILES string of the molecule is CCCNc1ncc(Br)c(Oc2cnn(C)c2)n1. The largest absolute Gasteiger partial charge is 0.434 e. The second kappa shape index (κ2) is 5.81. The van der Waals surface area contributed by atoms with Crippen LogP contribution in [-0.4, -0.2) is 26.3 Å². The Morgan fingerprint density at radius 1 is 1.44 bits per heavy atom. The van der Waals surface area contributed by atoms with Crippen molar-refractivity contribution in [2.45, 2.75) is 13.3 Å². The molecule has 0 aliphatic carbocycles. The number of hydrogen-bond acceptors (Lipinski definition) is 5. The molecule has 0 unspecified atom stereocenters. The molecule has 0 aliphatic heterocycles. The molecule has 2 rings (SSSR count). The Hall–Kier alpha value is -1.63. The number of rotatable bonds is 5. The third-order valence-corrected chi connectivity index (χ3v) is 2.68. The highest BCUT2D eigenvalue weighted by atomic mass is 79.9. The first-order valence-electron chi connectivity index (χ1n) is 5.62. The molecule has 0 spiro atoms. The van der Waals surface area contributed by atoms with Crippen molar-refractivity contribution in [1.82, 2.24) is 19.7 Å². The number of aryl methyl sites for hydroxylation is 1. The molecule has 0 radical (unpaired) electrons. The minimum Gasteiger partial charge on any atom is -0.434 e. The zero-order valence-electron chi connectivity index (χ0n) is 10.2. The summed E-state index contributed by atoms with van der Waals surface area (Å²) in [6, 6.07) is 0. The predicted molar refractivity (Wildman–Crippen MR) is 71.8 cm³/mol. The van der Waals surface area contributed by atoms with Crippen molar-refractivity contribution < 1.29 is 4.74 Å². The Balaban J connectivity index is 2.15. The van der Waals surface area contributed by atoms with E-state index in [4.69, 9.17) is 4.74 Å². The molecule has 2 heterocycles.